The Labute approximate surface area is 354 Å². The predicted octanol–water partition coefficient (Wildman–Crippen LogP) is 3.21. The molecular weight excluding hydrogens is 767 g/mol. The monoisotopic (exact) mass is 829 g/mol. The van der Waals surface area contributed by atoms with Crippen LogP contribution in [0.25, 0.3) is 0 Å². The van der Waals surface area contributed by atoms with Gasteiger partial charge >= 0.3 is 5.97 Å². The van der Waals surface area contributed by atoms with Crippen molar-refractivity contribution in [2.24, 2.45) is 11.8 Å². The number of rotatable bonds is 24. The summed E-state index contributed by atoms with van der Waals surface area (Å²) in [7, 11) is 0. The van der Waals surface area contributed by atoms with E-state index in [1.807, 2.05) is 93.3 Å². The summed E-state index contributed by atoms with van der Waals surface area (Å²) in [4.78, 5) is 86.6. The van der Waals surface area contributed by atoms with Crippen LogP contribution in [0.1, 0.15) is 77.8 Å². The largest absolute Gasteiger partial charge is 0.444 e. The number of hydrogen-bond acceptors (Lipinski definition) is 10. The zero-order valence-electron chi connectivity index (χ0n) is 35.8. The summed E-state index contributed by atoms with van der Waals surface area (Å²) < 4.78 is 16.4. The average molecular weight is 830 g/mol. The number of nitrogens with zero attached hydrogens (tertiary/aromatic N) is 2. The van der Waals surface area contributed by atoms with Gasteiger partial charge in [0.25, 0.3) is 0 Å². The van der Waals surface area contributed by atoms with Crippen LogP contribution in [0, 0.1) is 24.2 Å². The first kappa shape index (κ1) is 47.6. The minimum absolute atomic E-state index is 0.0435. The van der Waals surface area contributed by atoms with Gasteiger partial charge in [0, 0.05) is 25.9 Å². The molecule has 5 atom stereocenters. The predicted molar refractivity (Wildman–Crippen MR) is 226 cm³/mol. The van der Waals surface area contributed by atoms with E-state index in [2.05, 4.69) is 21.9 Å². The highest BCUT2D eigenvalue weighted by molar-refractivity contribution is 5.99. The molecule has 0 aliphatic carbocycles. The molecule has 2 aliphatic heterocycles. The smallest absolute Gasteiger partial charge is 0.308 e. The summed E-state index contributed by atoms with van der Waals surface area (Å²) in [5.74, 6) is -0.635. The number of ether oxygens (including phenoxy) is 3. The third-order valence-electron chi connectivity index (χ3n) is 10.5. The van der Waals surface area contributed by atoms with E-state index in [0.717, 1.165) is 11.1 Å². The van der Waals surface area contributed by atoms with E-state index >= 15 is 0 Å². The first-order valence-corrected chi connectivity index (χ1v) is 21.0. The summed E-state index contributed by atoms with van der Waals surface area (Å²) in [6, 6.07) is 14.5. The lowest BCUT2D eigenvalue weighted by molar-refractivity contribution is -0.159. The Bertz CT molecular complexity index is 1770. The van der Waals surface area contributed by atoms with Gasteiger partial charge in [0.15, 0.2) is 12.5 Å². The van der Waals surface area contributed by atoms with Crippen molar-refractivity contribution in [2.75, 3.05) is 46.2 Å². The van der Waals surface area contributed by atoms with Gasteiger partial charge in [-0.25, -0.2) is 0 Å². The number of morpholine rings is 1. The first-order chi connectivity index (χ1) is 28.7. The third-order valence-corrected chi connectivity index (χ3v) is 10.5. The molecule has 4 rings (SSSR count). The van der Waals surface area contributed by atoms with Gasteiger partial charge in [0.05, 0.1) is 38.8 Å². The molecule has 2 aliphatic rings. The highest BCUT2D eigenvalue weighted by Gasteiger charge is 2.50. The third kappa shape index (κ3) is 15.5. The maximum Gasteiger partial charge on any atom is 0.308 e. The molecule has 326 valence electrons. The number of nitrogens with one attached hydrogen (secondary N) is 3. The van der Waals surface area contributed by atoms with Crippen molar-refractivity contribution in [3.63, 3.8) is 0 Å². The van der Waals surface area contributed by atoms with Crippen molar-refractivity contribution in [1.29, 1.82) is 0 Å². The normalized spacial score (nSPS) is 18.3. The maximum absolute atomic E-state index is 14.6. The van der Waals surface area contributed by atoms with Crippen LogP contribution in [0.4, 0.5) is 0 Å². The van der Waals surface area contributed by atoms with Gasteiger partial charge in [-0.2, -0.15) is 0 Å². The van der Waals surface area contributed by atoms with Gasteiger partial charge in [-0.3, -0.25) is 38.6 Å². The molecule has 4 amide bonds. The van der Waals surface area contributed by atoms with Gasteiger partial charge in [-0.15, -0.1) is 12.3 Å². The van der Waals surface area contributed by atoms with Gasteiger partial charge in [-0.05, 0) is 55.6 Å². The highest BCUT2D eigenvalue weighted by atomic mass is 16.6. The topological polar surface area (TPSA) is 176 Å². The number of carbonyl (C=O) groups excluding carboxylic acids is 6. The second-order valence-corrected chi connectivity index (χ2v) is 16.7. The Morgan fingerprint density at radius 1 is 0.817 bits per heavy atom. The lowest BCUT2D eigenvalue weighted by atomic mass is 9.93. The van der Waals surface area contributed by atoms with E-state index in [1.54, 1.807) is 6.92 Å². The van der Waals surface area contributed by atoms with Crippen LogP contribution < -0.4 is 16.0 Å². The fourth-order valence-electron chi connectivity index (χ4n) is 7.04. The molecule has 2 heterocycles. The minimum Gasteiger partial charge on any atom is -0.444 e. The molecule has 0 unspecified atom stereocenters. The van der Waals surface area contributed by atoms with Crippen LogP contribution in [0.5, 0.6) is 0 Å². The highest BCUT2D eigenvalue weighted by Crippen LogP contribution is 2.30. The molecule has 0 spiro atoms. The molecule has 14 nitrogen and oxygen atoms in total. The second kappa shape index (κ2) is 23.6. The number of ketones is 1. The number of esters is 1. The van der Waals surface area contributed by atoms with Gasteiger partial charge in [0.2, 0.25) is 23.6 Å². The number of carbonyl (C=O) groups is 6. The van der Waals surface area contributed by atoms with E-state index in [1.165, 1.54) is 4.90 Å². The molecule has 0 saturated carbocycles. The maximum atomic E-state index is 14.6. The molecule has 0 radical (unpaired) electrons. The lowest BCUT2D eigenvalue weighted by Crippen LogP contribution is -2.60. The van der Waals surface area contributed by atoms with E-state index < -0.39 is 66.1 Å². The Morgan fingerprint density at radius 2 is 1.37 bits per heavy atom. The van der Waals surface area contributed by atoms with Crippen molar-refractivity contribution in [3.05, 3.63) is 71.8 Å². The standard InChI is InChI=1S/C46H63N5O9/c1-7-8-19-41(53)59-31-51(40(52)29-50-22-24-58-25-23-50)39(21-20-34-15-11-9-12-16-34)45(57)49-37(27-33(4)5)43(55)48-38(28-35-17-13-10-14-18-35)44(56)47-36(26-32(2)3)42(54)46(6)30-60-46/h1,9-18,32-33,36-39H,8,19-31H2,2-6H3,(H,47,56)(H,48,55)(H,49,57)/t36-,37-,38-,39-,46-/m0/s1. The van der Waals surface area contributed by atoms with Crippen LogP contribution in [0.15, 0.2) is 60.7 Å². The summed E-state index contributed by atoms with van der Waals surface area (Å²) in [6.07, 6.45) is 6.70. The molecule has 2 aromatic carbocycles. The van der Waals surface area contributed by atoms with E-state index in [-0.39, 0.29) is 62.9 Å². The van der Waals surface area contributed by atoms with Gasteiger partial charge in [-0.1, -0.05) is 88.4 Å². The molecule has 3 N–H and O–H groups in total. The Balaban J connectivity index is 1.63. The van der Waals surface area contributed by atoms with Crippen LogP contribution in [0.2, 0.25) is 0 Å². The fraction of sp³-hybridized carbons (Fsp3) is 0.565. The Kier molecular flexibility index (Phi) is 18.7. The number of aryl methyl sites for hydroxylation is 1. The van der Waals surface area contributed by atoms with Gasteiger partial charge in [0.1, 0.15) is 23.7 Å². The lowest BCUT2D eigenvalue weighted by Gasteiger charge is -2.34. The SMILES string of the molecule is C#CCCC(=O)OCN(C(=O)CN1CCOCC1)[C@@H](CCc1ccccc1)C(=O)N[C@@H](CC(C)C)C(=O)N[C@@H](Cc1ccccc1)C(=O)N[C@@H](CC(C)C)C(=O)[C@]1(C)CO1. The van der Waals surface area contributed by atoms with Crippen LogP contribution >= 0.6 is 0 Å². The number of Topliss-reactive ketones (excluding diaryl/α,β-unsaturated/α-hetero) is 1. The van der Waals surface area contributed by atoms with Crippen molar-refractivity contribution in [1.82, 2.24) is 25.8 Å². The number of epoxide rings is 1. The van der Waals surface area contributed by atoms with E-state index in [9.17, 15) is 28.8 Å². The summed E-state index contributed by atoms with van der Waals surface area (Å²) >= 11 is 0. The van der Waals surface area contributed by atoms with E-state index in [0.29, 0.717) is 39.1 Å². The van der Waals surface area contributed by atoms with Crippen molar-refractivity contribution >= 4 is 35.4 Å². The number of benzene rings is 2. The summed E-state index contributed by atoms with van der Waals surface area (Å²) in [5.41, 5.74) is 0.732. The van der Waals surface area contributed by atoms with Crippen molar-refractivity contribution in [3.8, 4) is 12.3 Å². The zero-order valence-corrected chi connectivity index (χ0v) is 35.8. The van der Waals surface area contributed by atoms with Crippen molar-refractivity contribution < 1.29 is 43.0 Å². The van der Waals surface area contributed by atoms with Crippen molar-refractivity contribution in [2.45, 2.75) is 109 Å². The number of hydrogen-bond donors (Lipinski definition) is 3. The molecule has 2 saturated heterocycles. The molecule has 0 aromatic heterocycles. The van der Waals surface area contributed by atoms with Crippen LogP contribution in [-0.4, -0.2) is 121 Å². The molecule has 2 fully saturated rings. The quantitative estimate of drug-likeness (QED) is 0.0617. The molecular formula is C46H63N5O9. The molecule has 14 heteroatoms. The summed E-state index contributed by atoms with van der Waals surface area (Å²) in [6.45, 7) is 11.1. The molecule has 0 bridgehead atoms. The summed E-state index contributed by atoms with van der Waals surface area (Å²) in [5, 5.41) is 8.73. The Hall–Kier alpha value is -5.10. The van der Waals surface area contributed by atoms with Crippen LogP contribution in [-0.2, 0) is 55.8 Å². The number of amides is 4. The van der Waals surface area contributed by atoms with E-state index in [4.69, 9.17) is 20.6 Å². The second-order valence-electron chi connectivity index (χ2n) is 16.7. The molecule has 2 aromatic rings. The zero-order chi connectivity index (χ0) is 43.7. The average Bonchev–Trinajstić information content (AvgIpc) is 3.98. The Morgan fingerprint density at radius 3 is 1.95 bits per heavy atom. The number of terminal acetylenes is 1. The fourth-order valence-corrected chi connectivity index (χ4v) is 7.04. The van der Waals surface area contributed by atoms with Gasteiger partial charge < -0.3 is 30.2 Å². The molecule has 60 heavy (non-hydrogen) atoms. The minimum atomic E-state index is -1.15. The first-order valence-electron chi connectivity index (χ1n) is 21.0. The van der Waals surface area contributed by atoms with Crippen LogP contribution in [0.3, 0.4) is 0 Å².